The molecule has 1 N–H and O–H groups in total. The highest BCUT2D eigenvalue weighted by molar-refractivity contribution is 6.31. The Morgan fingerprint density at radius 1 is 1.25 bits per heavy atom. The molecule has 32 heavy (non-hydrogen) atoms. The van der Waals surface area contributed by atoms with E-state index in [-0.39, 0.29) is 17.2 Å². The molecule has 1 aromatic rings. The number of aryl methyl sites for hydroxylation is 1. The molecule has 1 aliphatic carbocycles. The smallest absolute Gasteiger partial charge is 0.309 e. The zero-order valence-corrected chi connectivity index (χ0v) is 21.2. The SMILES string of the molecule is CC(C)C1=CN(CCC2(C(=O)O)CC2)C(=O)C[C@@]1(C)c1ccc(CCC(C)(C)C)c(Cl)c1. The van der Waals surface area contributed by atoms with E-state index in [2.05, 4.69) is 53.7 Å². The molecule has 5 heteroatoms. The molecular formula is C27H38ClNO3. The molecule has 0 spiro atoms. The summed E-state index contributed by atoms with van der Waals surface area (Å²) in [7, 11) is 0. The van der Waals surface area contributed by atoms with E-state index >= 15 is 0 Å². The van der Waals surface area contributed by atoms with Gasteiger partial charge in [-0.25, -0.2) is 0 Å². The van der Waals surface area contributed by atoms with Crippen LogP contribution in [0.1, 0.15) is 84.8 Å². The Labute approximate surface area is 198 Å². The van der Waals surface area contributed by atoms with Gasteiger partial charge in [0.2, 0.25) is 5.91 Å². The zero-order chi connectivity index (χ0) is 23.9. The average molecular weight is 460 g/mol. The number of carbonyl (C=O) groups is 2. The lowest BCUT2D eigenvalue weighted by molar-refractivity contribution is -0.144. The van der Waals surface area contributed by atoms with Gasteiger partial charge in [-0.3, -0.25) is 9.59 Å². The predicted octanol–water partition coefficient (Wildman–Crippen LogP) is 6.60. The third-order valence-electron chi connectivity index (χ3n) is 7.35. The maximum Gasteiger partial charge on any atom is 0.309 e. The Hall–Kier alpha value is -1.81. The molecule has 2 aliphatic rings. The maximum absolute atomic E-state index is 13.1. The highest BCUT2D eigenvalue weighted by atomic mass is 35.5. The quantitative estimate of drug-likeness (QED) is 0.476. The molecule has 1 saturated carbocycles. The second-order valence-electron chi connectivity index (χ2n) is 11.5. The summed E-state index contributed by atoms with van der Waals surface area (Å²) in [5, 5.41) is 10.2. The summed E-state index contributed by atoms with van der Waals surface area (Å²) in [5.41, 5.74) is 2.62. The Balaban J connectivity index is 1.85. The molecule has 0 aromatic heterocycles. The van der Waals surface area contributed by atoms with Crippen LogP contribution in [-0.4, -0.2) is 28.4 Å². The van der Waals surface area contributed by atoms with E-state index < -0.39 is 16.8 Å². The number of allylic oxidation sites excluding steroid dienone is 1. The van der Waals surface area contributed by atoms with Crippen molar-refractivity contribution < 1.29 is 14.7 Å². The minimum atomic E-state index is -0.735. The van der Waals surface area contributed by atoms with E-state index in [9.17, 15) is 14.7 Å². The van der Waals surface area contributed by atoms with E-state index in [1.54, 1.807) is 4.90 Å². The van der Waals surface area contributed by atoms with E-state index in [4.69, 9.17) is 11.6 Å². The minimum Gasteiger partial charge on any atom is -0.481 e. The number of halogens is 1. The van der Waals surface area contributed by atoms with Crippen LogP contribution in [-0.2, 0) is 21.4 Å². The summed E-state index contributed by atoms with van der Waals surface area (Å²) in [5.74, 6) is -0.434. The molecule has 1 amide bonds. The minimum absolute atomic E-state index is 0.0472. The van der Waals surface area contributed by atoms with Gasteiger partial charge in [0.15, 0.2) is 0 Å². The topological polar surface area (TPSA) is 57.6 Å². The molecule has 3 rings (SSSR count). The molecule has 1 atom stereocenters. The Kier molecular flexibility index (Phi) is 6.87. The third kappa shape index (κ3) is 5.22. The standard InChI is InChI=1S/C27H38ClNO3/c1-18(2)21-17-29(14-13-27(11-12-27)24(31)32)23(30)16-26(21,6)20-8-7-19(22(28)15-20)9-10-25(3,4)5/h7-8,15,17-18H,9-14,16H2,1-6H3,(H,31,32)/t26-/m0/s1. The summed E-state index contributed by atoms with van der Waals surface area (Å²) in [6, 6.07) is 6.29. The molecule has 0 unspecified atom stereocenters. The van der Waals surface area contributed by atoms with Gasteiger partial charge in [0.1, 0.15) is 0 Å². The first-order chi connectivity index (χ1) is 14.8. The Morgan fingerprint density at radius 2 is 1.91 bits per heavy atom. The third-order valence-corrected chi connectivity index (χ3v) is 7.70. The van der Waals surface area contributed by atoms with Crippen molar-refractivity contribution >= 4 is 23.5 Å². The fraction of sp³-hybridized carbons (Fsp3) is 0.630. The second kappa shape index (κ2) is 8.85. The van der Waals surface area contributed by atoms with Crippen LogP contribution in [0.4, 0.5) is 0 Å². The first kappa shape index (κ1) is 24.8. The highest BCUT2D eigenvalue weighted by Crippen LogP contribution is 2.50. The first-order valence-corrected chi connectivity index (χ1v) is 12.2. The number of benzene rings is 1. The molecule has 1 aromatic carbocycles. The van der Waals surface area contributed by atoms with Crippen molar-refractivity contribution in [2.75, 3.05) is 6.54 Å². The van der Waals surface area contributed by atoms with Crippen molar-refractivity contribution in [3.05, 3.63) is 46.1 Å². The number of hydrogen-bond acceptors (Lipinski definition) is 2. The first-order valence-electron chi connectivity index (χ1n) is 11.8. The predicted molar refractivity (Wildman–Crippen MR) is 130 cm³/mol. The second-order valence-corrected chi connectivity index (χ2v) is 11.9. The monoisotopic (exact) mass is 459 g/mol. The average Bonchev–Trinajstić information content (AvgIpc) is 3.46. The largest absolute Gasteiger partial charge is 0.481 e. The summed E-state index contributed by atoms with van der Waals surface area (Å²) in [4.78, 5) is 26.4. The highest BCUT2D eigenvalue weighted by Gasteiger charge is 2.50. The maximum atomic E-state index is 13.1. The fourth-order valence-corrected chi connectivity index (χ4v) is 5.07. The van der Waals surface area contributed by atoms with Gasteiger partial charge in [0, 0.05) is 29.6 Å². The van der Waals surface area contributed by atoms with Gasteiger partial charge in [-0.2, -0.15) is 0 Å². The van der Waals surface area contributed by atoms with Gasteiger partial charge < -0.3 is 10.0 Å². The number of nitrogens with zero attached hydrogens (tertiary/aromatic N) is 1. The van der Waals surface area contributed by atoms with E-state index in [1.807, 2.05) is 12.3 Å². The van der Waals surface area contributed by atoms with Crippen molar-refractivity contribution in [3.63, 3.8) is 0 Å². The number of carboxylic acids is 1. The summed E-state index contributed by atoms with van der Waals surface area (Å²) in [6.07, 6.45) is 6.29. The van der Waals surface area contributed by atoms with E-state index in [1.165, 1.54) is 5.57 Å². The Morgan fingerprint density at radius 3 is 2.41 bits per heavy atom. The number of hydrogen-bond donors (Lipinski definition) is 1. The van der Waals surface area contributed by atoms with Crippen molar-refractivity contribution in [1.29, 1.82) is 0 Å². The number of carboxylic acid groups (broad SMARTS) is 1. The molecule has 0 bridgehead atoms. The van der Waals surface area contributed by atoms with E-state index in [0.717, 1.165) is 29.0 Å². The van der Waals surface area contributed by atoms with Crippen LogP contribution >= 0.6 is 11.6 Å². The van der Waals surface area contributed by atoms with Crippen molar-refractivity contribution in [2.45, 2.75) is 85.5 Å². The molecule has 1 fully saturated rings. The van der Waals surface area contributed by atoms with Crippen LogP contribution in [0.2, 0.25) is 5.02 Å². The van der Waals surface area contributed by atoms with Gasteiger partial charge in [0.25, 0.3) is 0 Å². The number of amides is 1. The summed E-state index contributed by atoms with van der Waals surface area (Å²) in [6.45, 7) is 13.6. The summed E-state index contributed by atoms with van der Waals surface area (Å²) >= 11 is 6.70. The van der Waals surface area contributed by atoms with E-state index in [0.29, 0.717) is 32.2 Å². The van der Waals surface area contributed by atoms with Crippen LogP contribution in [0.5, 0.6) is 0 Å². The normalized spacial score (nSPS) is 22.8. The molecule has 0 radical (unpaired) electrons. The number of aliphatic carboxylic acids is 1. The van der Waals surface area contributed by atoms with Crippen LogP contribution in [0.3, 0.4) is 0 Å². The molecule has 176 valence electrons. The lowest BCUT2D eigenvalue weighted by Gasteiger charge is -2.41. The Bertz CT molecular complexity index is 923. The lowest BCUT2D eigenvalue weighted by Crippen LogP contribution is -2.43. The van der Waals surface area contributed by atoms with Gasteiger partial charge in [-0.1, -0.05) is 65.3 Å². The van der Waals surface area contributed by atoms with Gasteiger partial charge in [-0.15, -0.1) is 0 Å². The number of rotatable bonds is 8. The molecular weight excluding hydrogens is 422 g/mol. The van der Waals surface area contributed by atoms with Crippen molar-refractivity contribution in [3.8, 4) is 0 Å². The molecule has 1 aliphatic heterocycles. The molecule has 0 saturated heterocycles. The fourth-order valence-electron chi connectivity index (χ4n) is 4.79. The van der Waals surface area contributed by atoms with Crippen LogP contribution in [0.25, 0.3) is 0 Å². The van der Waals surface area contributed by atoms with Gasteiger partial charge in [0.05, 0.1) is 5.41 Å². The molecule has 1 heterocycles. The summed E-state index contributed by atoms with van der Waals surface area (Å²) < 4.78 is 0. The van der Waals surface area contributed by atoms with Gasteiger partial charge >= 0.3 is 5.97 Å². The van der Waals surface area contributed by atoms with Crippen molar-refractivity contribution in [1.82, 2.24) is 4.90 Å². The number of carbonyl (C=O) groups excluding carboxylic acids is 1. The van der Waals surface area contributed by atoms with Crippen LogP contribution < -0.4 is 0 Å². The molecule has 4 nitrogen and oxygen atoms in total. The lowest BCUT2D eigenvalue weighted by atomic mass is 9.68. The van der Waals surface area contributed by atoms with Crippen LogP contribution in [0, 0.1) is 16.7 Å². The zero-order valence-electron chi connectivity index (χ0n) is 20.4. The van der Waals surface area contributed by atoms with Gasteiger partial charge in [-0.05, 0) is 66.2 Å². The van der Waals surface area contributed by atoms with Crippen LogP contribution in [0.15, 0.2) is 30.0 Å². The van der Waals surface area contributed by atoms with Crippen molar-refractivity contribution in [2.24, 2.45) is 16.7 Å².